The molecule has 3 aromatic rings. The van der Waals surface area contributed by atoms with Gasteiger partial charge in [-0.25, -0.2) is 4.98 Å². The number of ether oxygens (including phenoxy) is 1. The maximum atomic E-state index is 12.6. The number of hydrogen-bond acceptors (Lipinski definition) is 6. The summed E-state index contributed by atoms with van der Waals surface area (Å²) in [6.07, 6.45) is -0.967. The van der Waals surface area contributed by atoms with Crippen molar-refractivity contribution in [3.8, 4) is 0 Å². The van der Waals surface area contributed by atoms with Gasteiger partial charge in [0.2, 0.25) is 0 Å². The normalized spacial score (nSPS) is 11.7. The summed E-state index contributed by atoms with van der Waals surface area (Å²) in [4.78, 5) is 42.9. The molecule has 7 nitrogen and oxygen atoms in total. The van der Waals surface area contributed by atoms with Gasteiger partial charge in [0.05, 0.1) is 16.8 Å². The Hall–Kier alpha value is -3.26. The maximum absolute atomic E-state index is 12.6. The summed E-state index contributed by atoms with van der Waals surface area (Å²) >= 11 is 1.52. The van der Waals surface area contributed by atoms with E-state index in [1.165, 1.54) is 23.2 Å². The fourth-order valence-corrected chi connectivity index (χ4v) is 4.03. The summed E-state index contributed by atoms with van der Waals surface area (Å²) in [7, 11) is 1.64. The Balaban J connectivity index is 1.49. The molecule has 0 aliphatic heterocycles. The van der Waals surface area contributed by atoms with Crippen molar-refractivity contribution in [2.24, 2.45) is 0 Å². The van der Waals surface area contributed by atoms with E-state index in [-0.39, 0.29) is 18.4 Å². The van der Waals surface area contributed by atoms with Crippen LogP contribution in [0.5, 0.6) is 0 Å². The molecule has 1 unspecified atom stereocenters. The summed E-state index contributed by atoms with van der Waals surface area (Å²) < 4.78 is 6.25. The first-order valence-electron chi connectivity index (χ1n) is 9.89. The SMILES string of the molecule is Cc1ccc(C(=O)NCC(=O)OC(C)C(=O)N(C)Cc2nc3ccccc3s2)cc1C. The lowest BCUT2D eigenvalue weighted by molar-refractivity contribution is -0.157. The van der Waals surface area contributed by atoms with Crippen molar-refractivity contribution >= 4 is 39.3 Å². The number of nitrogens with one attached hydrogen (secondary N) is 1. The van der Waals surface area contributed by atoms with Crippen LogP contribution in [0.25, 0.3) is 10.2 Å². The summed E-state index contributed by atoms with van der Waals surface area (Å²) in [5.41, 5.74) is 3.43. The largest absolute Gasteiger partial charge is 0.451 e. The Morgan fingerprint density at radius 2 is 1.87 bits per heavy atom. The third-order valence-electron chi connectivity index (χ3n) is 4.91. The van der Waals surface area contributed by atoms with Gasteiger partial charge in [-0.15, -0.1) is 11.3 Å². The number of fused-ring (bicyclic) bond motifs is 1. The van der Waals surface area contributed by atoms with E-state index in [2.05, 4.69) is 10.3 Å². The molecule has 8 heteroatoms. The fraction of sp³-hybridized carbons (Fsp3) is 0.304. The molecule has 1 aromatic heterocycles. The van der Waals surface area contributed by atoms with Gasteiger partial charge in [-0.05, 0) is 56.2 Å². The Labute approximate surface area is 185 Å². The Morgan fingerprint density at radius 3 is 2.58 bits per heavy atom. The van der Waals surface area contributed by atoms with Gasteiger partial charge in [0.1, 0.15) is 11.6 Å². The van der Waals surface area contributed by atoms with E-state index in [1.807, 2.05) is 44.2 Å². The van der Waals surface area contributed by atoms with Gasteiger partial charge >= 0.3 is 5.97 Å². The second-order valence-corrected chi connectivity index (χ2v) is 8.50. The predicted octanol–water partition coefficient (Wildman–Crippen LogP) is 3.23. The van der Waals surface area contributed by atoms with Crippen molar-refractivity contribution in [3.63, 3.8) is 0 Å². The Bertz CT molecular complexity index is 1090. The first kappa shape index (κ1) is 22.4. The van der Waals surface area contributed by atoms with Crippen LogP contribution in [-0.2, 0) is 20.9 Å². The molecule has 1 atom stereocenters. The van der Waals surface area contributed by atoms with Gasteiger partial charge in [0.25, 0.3) is 11.8 Å². The van der Waals surface area contributed by atoms with E-state index >= 15 is 0 Å². The zero-order chi connectivity index (χ0) is 22.5. The van der Waals surface area contributed by atoms with E-state index < -0.39 is 12.1 Å². The van der Waals surface area contributed by atoms with Crippen LogP contribution in [0, 0.1) is 13.8 Å². The number of aromatic nitrogens is 1. The van der Waals surface area contributed by atoms with Gasteiger partial charge in [0.15, 0.2) is 6.10 Å². The molecule has 0 radical (unpaired) electrons. The lowest BCUT2D eigenvalue weighted by atomic mass is 10.1. The van der Waals surface area contributed by atoms with Crippen molar-refractivity contribution < 1.29 is 19.1 Å². The third-order valence-corrected chi connectivity index (χ3v) is 5.93. The van der Waals surface area contributed by atoms with Crippen molar-refractivity contribution in [1.82, 2.24) is 15.2 Å². The summed E-state index contributed by atoms with van der Waals surface area (Å²) in [5.74, 6) is -1.38. The molecule has 0 fully saturated rings. The smallest absolute Gasteiger partial charge is 0.326 e. The standard InChI is InChI=1S/C23H25N3O4S/c1-14-9-10-17(11-15(14)2)22(28)24-12-21(27)30-16(3)23(29)26(4)13-20-25-18-7-5-6-8-19(18)31-20/h5-11,16H,12-13H2,1-4H3,(H,24,28). The first-order chi connectivity index (χ1) is 14.7. The number of likely N-dealkylation sites (N-methyl/N-ethyl adjacent to an activating group) is 1. The average molecular weight is 440 g/mol. The molecule has 0 spiro atoms. The number of hydrogen-bond donors (Lipinski definition) is 1. The van der Waals surface area contributed by atoms with Crippen LogP contribution in [0.1, 0.15) is 33.4 Å². The molecule has 0 aliphatic carbocycles. The molecule has 0 saturated heterocycles. The van der Waals surface area contributed by atoms with E-state index in [9.17, 15) is 14.4 Å². The molecule has 0 bridgehead atoms. The van der Waals surface area contributed by atoms with Crippen molar-refractivity contribution in [3.05, 3.63) is 64.2 Å². The van der Waals surface area contributed by atoms with Gasteiger partial charge in [-0.1, -0.05) is 18.2 Å². The Morgan fingerprint density at radius 1 is 1.13 bits per heavy atom. The number of esters is 1. The molecule has 1 heterocycles. The number of para-hydroxylation sites is 1. The van der Waals surface area contributed by atoms with Crippen LogP contribution in [0.2, 0.25) is 0 Å². The summed E-state index contributed by atoms with van der Waals surface area (Å²) in [5, 5.41) is 3.33. The number of amides is 2. The van der Waals surface area contributed by atoms with E-state index in [0.29, 0.717) is 12.1 Å². The fourth-order valence-electron chi connectivity index (χ4n) is 3.01. The molecular formula is C23H25N3O4S. The van der Waals surface area contributed by atoms with Crippen molar-refractivity contribution in [2.45, 2.75) is 33.4 Å². The number of rotatable bonds is 7. The second kappa shape index (κ2) is 9.70. The van der Waals surface area contributed by atoms with Crippen LogP contribution in [0.3, 0.4) is 0 Å². The van der Waals surface area contributed by atoms with Crippen molar-refractivity contribution in [1.29, 1.82) is 0 Å². The highest BCUT2D eigenvalue weighted by atomic mass is 32.1. The molecular weight excluding hydrogens is 414 g/mol. The topological polar surface area (TPSA) is 88.6 Å². The van der Waals surface area contributed by atoms with Gasteiger partial charge in [-0.2, -0.15) is 0 Å². The molecule has 2 amide bonds. The van der Waals surface area contributed by atoms with Gasteiger partial charge < -0.3 is 15.0 Å². The molecule has 2 aromatic carbocycles. The number of carbonyl (C=O) groups is 3. The van der Waals surface area contributed by atoms with Crippen LogP contribution >= 0.6 is 11.3 Å². The minimum atomic E-state index is -0.967. The molecule has 0 saturated carbocycles. The number of carbonyl (C=O) groups excluding carboxylic acids is 3. The highest BCUT2D eigenvalue weighted by Crippen LogP contribution is 2.22. The van der Waals surface area contributed by atoms with Crippen molar-refractivity contribution in [2.75, 3.05) is 13.6 Å². The Kier molecular flexibility index (Phi) is 7.02. The average Bonchev–Trinajstić information content (AvgIpc) is 3.15. The predicted molar refractivity (Wildman–Crippen MR) is 120 cm³/mol. The number of benzene rings is 2. The monoisotopic (exact) mass is 439 g/mol. The zero-order valence-electron chi connectivity index (χ0n) is 18.0. The minimum absolute atomic E-state index is 0.315. The van der Waals surface area contributed by atoms with E-state index in [4.69, 9.17) is 4.74 Å². The summed E-state index contributed by atoms with van der Waals surface area (Å²) in [6.45, 7) is 5.40. The number of nitrogens with zero attached hydrogens (tertiary/aromatic N) is 2. The highest BCUT2D eigenvalue weighted by Gasteiger charge is 2.23. The number of aryl methyl sites for hydroxylation is 2. The molecule has 31 heavy (non-hydrogen) atoms. The van der Waals surface area contributed by atoms with E-state index in [0.717, 1.165) is 26.4 Å². The van der Waals surface area contributed by atoms with Crippen LogP contribution in [0.15, 0.2) is 42.5 Å². The number of thiazole rings is 1. The van der Waals surface area contributed by atoms with E-state index in [1.54, 1.807) is 19.2 Å². The maximum Gasteiger partial charge on any atom is 0.326 e. The lowest BCUT2D eigenvalue weighted by Gasteiger charge is -2.20. The third kappa shape index (κ3) is 5.67. The molecule has 162 valence electrons. The zero-order valence-corrected chi connectivity index (χ0v) is 18.8. The first-order valence-corrected chi connectivity index (χ1v) is 10.7. The molecule has 0 aliphatic rings. The highest BCUT2D eigenvalue weighted by molar-refractivity contribution is 7.18. The van der Waals surface area contributed by atoms with Crippen LogP contribution in [0.4, 0.5) is 0 Å². The molecule has 3 rings (SSSR count). The van der Waals surface area contributed by atoms with Gasteiger partial charge in [0, 0.05) is 12.6 Å². The van der Waals surface area contributed by atoms with Crippen LogP contribution < -0.4 is 5.32 Å². The van der Waals surface area contributed by atoms with Crippen LogP contribution in [-0.4, -0.2) is 47.4 Å². The lowest BCUT2D eigenvalue weighted by Crippen LogP contribution is -2.39. The second-order valence-electron chi connectivity index (χ2n) is 7.38. The summed E-state index contributed by atoms with van der Waals surface area (Å²) in [6, 6.07) is 13.1. The minimum Gasteiger partial charge on any atom is -0.451 e. The quantitative estimate of drug-likeness (QED) is 0.571. The molecule has 1 N–H and O–H groups in total. The van der Waals surface area contributed by atoms with Gasteiger partial charge in [-0.3, -0.25) is 14.4 Å².